The molecule has 7 nitrogen and oxygen atoms in total. The van der Waals surface area contributed by atoms with Crippen molar-refractivity contribution in [1.29, 1.82) is 0 Å². The molecule has 5 aromatic rings. The van der Waals surface area contributed by atoms with Crippen LogP contribution in [0.5, 0.6) is 11.5 Å². The van der Waals surface area contributed by atoms with E-state index >= 15 is 0 Å². The van der Waals surface area contributed by atoms with Crippen LogP contribution in [0.1, 0.15) is 22.6 Å². The molecule has 3 aromatic carbocycles. The Morgan fingerprint density at radius 1 is 0.765 bits per heavy atom. The molecule has 5 rings (SSSR count). The summed E-state index contributed by atoms with van der Waals surface area (Å²) in [7, 11) is 0. The minimum Gasteiger partial charge on any atom is -0.489 e. The Morgan fingerprint density at radius 3 is 2.47 bits per heavy atom. The van der Waals surface area contributed by atoms with E-state index in [2.05, 4.69) is 37.7 Å². The van der Waals surface area contributed by atoms with E-state index < -0.39 is 0 Å². The van der Waals surface area contributed by atoms with Crippen molar-refractivity contribution >= 4 is 35.5 Å². The number of benzene rings is 3. The molecule has 0 fully saturated rings. The SMILES string of the molecule is C(=Cc1nn[nH]n1)c1cccc(OCc2cccc(OCc3ccc4ccccc4n3)c2)c1.Cl. The number of rotatable bonds is 8. The fourth-order valence-corrected chi connectivity index (χ4v) is 3.36. The molecule has 0 saturated carbocycles. The molecule has 170 valence electrons. The van der Waals surface area contributed by atoms with Gasteiger partial charge >= 0.3 is 0 Å². The number of halogens is 1. The smallest absolute Gasteiger partial charge is 0.197 e. The molecule has 0 aliphatic heterocycles. The van der Waals surface area contributed by atoms with Crippen molar-refractivity contribution in [2.75, 3.05) is 0 Å². The summed E-state index contributed by atoms with van der Waals surface area (Å²) in [6, 6.07) is 27.8. The van der Waals surface area contributed by atoms with Crippen molar-refractivity contribution in [3.05, 3.63) is 108 Å². The third-order valence-electron chi connectivity index (χ3n) is 4.99. The summed E-state index contributed by atoms with van der Waals surface area (Å²) in [5, 5.41) is 14.9. The maximum atomic E-state index is 5.98. The third-order valence-corrected chi connectivity index (χ3v) is 4.99. The van der Waals surface area contributed by atoms with E-state index in [1.54, 1.807) is 6.08 Å². The van der Waals surface area contributed by atoms with Crippen LogP contribution < -0.4 is 9.47 Å². The molecule has 2 aromatic heterocycles. The van der Waals surface area contributed by atoms with Gasteiger partial charge in [-0.05, 0) is 58.8 Å². The van der Waals surface area contributed by atoms with Crippen LogP contribution in [-0.4, -0.2) is 25.6 Å². The van der Waals surface area contributed by atoms with Gasteiger partial charge in [-0.2, -0.15) is 5.21 Å². The zero-order chi connectivity index (χ0) is 22.3. The molecular weight excluding hydrogens is 450 g/mol. The molecule has 0 bridgehead atoms. The number of fused-ring (bicyclic) bond motifs is 1. The van der Waals surface area contributed by atoms with Crippen molar-refractivity contribution in [1.82, 2.24) is 25.6 Å². The largest absolute Gasteiger partial charge is 0.489 e. The zero-order valence-corrected chi connectivity index (χ0v) is 19.0. The Hall–Kier alpha value is -4.23. The van der Waals surface area contributed by atoms with Crippen LogP contribution in [0.15, 0.2) is 84.9 Å². The summed E-state index contributed by atoms with van der Waals surface area (Å²) in [6.07, 6.45) is 3.70. The summed E-state index contributed by atoms with van der Waals surface area (Å²) in [5.74, 6) is 2.08. The molecule has 8 heteroatoms. The molecular formula is C26H22ClN5O2. The first-order valence-electron chi connectivity index (χ1n) is 10.5. The number of hydrogen-bond acceptors (Lipinski definition) is 6. The molecule has 2 heterocycles. The number of hydrogen-bond donors (Lipinski definition) is 1. The number of aromatic amines is 1. The highest BCUT2D eigenvalue weighted by molar-refractivity contribution is 5.85. The number of ether oxygens (including phenoxy) is 2. The molecule has 34 heavy (non-hydrogen) atoms. The Balaban J connectivity index is 0.00000274. The van der Waals surface area contributed by atoms with Crippen molar-refractivity contribution in [2.24, 2.45) is 0 Å². The first kappa shape index (κ1) is 22.9. The number of H-pyrrole nitrogens is 1. The predicted molar refractivity (Wildman–Crippen MR) is 134 cm³/mol. The van der Waals surface area contributed by atoms with Crippen molar-refractivity contribution in [3.63, 3.8) is 0 Å². The lowest BCUT2D eigenvalue weighted by atomic mass is 10.2. The standard InChI is InChI=1S/C26H21N5O2.ClH/c1-2-10-25-21(7-1)12-13-22(27-25)18-33-24-9-4-6-20(16-24)17-32-23-8-3-5-19(15-23)11-14-26-28-30-31-29-26;/h1-16H,17-18H2,(H,28,29,30,31);1H. The monoisotopic (exact) mass is 471 g/mol. The fraction of sp³-hybridized carbons (Fsp3) is 0.0769. The van der Waals surface area contributed by atoms with Gasteiger partial charge in [0.15, 0.2) is 5.82 Å². The molecule has 0 unspecified atom stereocenters. The van der Waals surface area contributed by atoms with Gasteiger partial charge in [0.2, 0.25) is 0 Å². The van der Waals surface area contributed by atoms with Crippen LogP contribution in [-0.2, 0) is 13.2 Å². The van der Waals surface area contributed by atoms with Gasteiger partial charge in [-0.25, -0.2) is 4.98 Å². The van der Waals surface area contributed by atoms with Gasteiger partial charge in [0.1, 0.15) is 24.7 Å². The van der Waals surface area contributed by atoms with E-state index in [1.807, 2.05) is 78.9 Å². The van der Waals surface area contributed by atoms with Crippen LogP contribution >= 0.6 is 12.4 Å². The number of pyridine rings is 1. The summed E-state index contributed by atoms with van der Waals surface area (Å²) in [5.41, 5.74) is 3.86. The molecule has 0 saturated heterocycles. The number of nitrogens with one attached hydrogen (secondary N) is 1. The van der Waals surface area contributed by atoms with E-state index in [4.69, 9.17) is 9.47 Å². The average molecular weight is 472 g/mol. The van der Waals surface area contributed by atoms with Crippen LogP contribution in [0.2, 0.25) is 0 Å². The van der Waals surface area contributed by atoms with Gasteiger partial charge in [-0.3, -0.25) is 0 Å². The third kappa shape index (κ3) is 5.96. The van der Waals surface area contributed by atoms with Gasteiger partial charge in [-0.1, -0.05) is 54.6 Å². The van der Waals surface area contributed by atoms with E-state index in [1.165, 1.54) is 0 Å². The lowest BCUT2D eigenvalue weighted by Crippen LogP contribution is -2.00. The predicted octanol–water partition coefficient (Wildman–Crippen LogP) is 5.50. The number of aromatic nitrogens is 5. The lowest BCUT2D eigenvalue weighted by molar-refractivity contribution is 0.293. The number of tetrazole rings is 1. The molecule has 0 amide bonds. The van der Waals surface area contributed by atoms with Gasteiger partial charge < -0.3 is 9.47 Å². The Bertz CT molecular complexity index is 1390. The lowest BCUT2D eigenvalue weighted by Gasteiger charge is -2.10. The van der Waals surface area contributed by atoms with Gasteiger partial charge in [0.25, 0.3) is 0 Å². The number of nitrogens with zero attached hydrogens (tertiary/aromatic N) is 4. The van der Waals surface area contributed by atoms with Crippen LogP contribution in [0.25, 0.3) is 23.1 Å². The second-order valence-electron chi connectivity index (χ2n) is 7.40. The molecule has 0 aliphatic rings. The van der Waals surface area contributed by atoms with Crippen molar-refractivity contribution in [2.45, 2.75) is 13.2 Å². The second kappa shape index (κ2) is 11.1. The maximum Gasteiger partial charge on any atom is 0.197 e. The van der Waals surface area contributed by atoms with Crippen molar-refractivity contribution < 1.29 is 9.47 Å². The number of para-hydroxylation sites is 1. The van der Waals surface area contributed by atoms with Crippen LogP contribution in [0.4, 0.5) is 0 Å². The zero-order valence-electron chi connectivity index (χ0n) is 18.2. The van der Waals surface area contributed by atoms with Crippen molar-refractivity contribution in [3.8, 4) is 11.5 Å². The van der Waals surface area contributed by atoms with Gasteiger partial charge in [0.05, 0.1) is 11.2 Å². The Kier molecular flexibility index (Phi) is 7.47. The quantitative estimate of drug-likeness (QED) is 0.321. The van der Waals surface area contributed by atoms with E-state index in [9.17, 15) is 0 Å². The highest BCUT2D eigenvalue weighted by Gasteiger charge is 2.03. The van der Waals surface area contributed by atoms with Crippen LogP contribution in [0, 0.1) is 0 Å². The maximum absolute atomic E-state index is 5.98. The molecule has 0 spiro atoms. The average Bonchev–Trinajstić information content (AvgIpc) is 3.39. The summed E-state index contributed by atoms with van der Waals surface area (Å²) in [6.45, 7) is 0.841. The summed E-state index contributed by atoms with van der Waals surface area (Å²) >= 11 is 0. The Morgan fingerprint density at radius 2 is 1.59 bits per heavy atom. The minimum atomic E-state index is 0. The first-order chi connectivity index (χ1) is 16.3. The molecule has 0 aliphatic carbocycles. The molecule has 0 radical (unpaired) electrons. The topological polar surface area (TPSA) is 85.8 Å². The summed E-state index contributed by atoms with van der Waals surface area (Å²) < 4.78 is 12.0. The van der Waals surface area contributed by atoms with E-state index in [0.717, 1.165) is 39.2 Å². The normalized spacial score (nSPS) is 10.8. The first-order valence-corrected chi connectivity index (χ1v) is 10.5. The van der Waals surface area contributed by atoms with E-state index in [-0.39, 0.29) is 12.4 Å². The van der Waals surface area contributed by atoms with Gasteiger partial charge in [0, 0.05) is 5.39 Å². The Labute approximate surface area is 202 Å². The van der Waals surface area contributed by atoms with E-state index in [0.29, 0.717) is 19.0 Å². The van der Waals surface area contributed by atoms with Crippen LogP contribution in [0.3, 0.4) is 0 Å². The fourth-order valence-electron chi connectivity index (χ4n) is 3.36. The van der Waals surface area contributed by atoms with Gasteiger partial charge in [-0.15, -0.1) is 22.6 Å². The highest BCUT2D eigenvalue weighted by atomic mass is 35.5. The highest BCUT2D eigenvalue weighted by Crippen LogP contribution is 2.20. The molecule has 1 N–H and O–H groups in total. The second-order valence-corrected chi connectivity index (χ2v) is 7.40. The minimum absolute atomic E-state index is 0. The molecule has 0 atom stereocenters. The summed E-state index contributed by atoms with van der Waals surface area (Å²) in [4.78, 5) is 4.66.